The minimum absolute atomic E-state index is 0.0521. The Labute approximate surface area is 205 Å². The second kappa shape index (κ2) is 9.72. The Bertz CT molecular complexity index is 1090. The zero-order chi connectivity index (χ0) is 24.5. The number of fused-ring (bicyclic) bond motifs is 5. The summed E-state index contributed by atoms with van der Waals surface area (Å²) in [5.74, 6) is -1.59. The molecule has 0 saturated carbocycles. The van der Waals surface area contributed by atoms with Crippen molar-refractivity contribution in [1.29, 1.82) is 0 Å². The number of carboxylic acid groups (broad SMARTS) is 1. The lowest BCUT2D eigenvalue weighted by molar-refractivity contribution is -0.143. The van der Waals surface area contributed by atoms with Crippen LogP contribution in [0, 0.1) is 5.92 Å². The molecule has 0 spiro atoms. The number of benzene rings is 2. The topological polar surface area (TPSA) is 95.9 Å². The van der Waals surface area contributed by atoms with Crippen molar-refractivity contribution in [1.82, 2.24) is 10.2 Å². The molecular weight excluding hydrogens is 444 g/mol. The predicted octanol–water partition coefficient (Wildman–Crippen LogP) is 4.55. The van der Waals surface area contributed by atoms with Gasteiger partial charge in [0.25, 0.3) is 0 Å². The van der Waals surface area contributed by atoms with E-state index >= 15 is 0 Å². The van der Waals surface area contributed by atoms with Crippen molar-refractivity contribution < 1.29 is 24.2 Å². The molecule has 4 atom stereocenters. The Hall–Kier alpha value is -3.35. The van der Waals surface area contributed by atoms with Crippen LogP contribution in [0.2, 0.25) is 0 Å². The first-order valence-corrected chi connectivity index (χ1v) is 12.7. The first-order valence-electron chi connectivity index (χ1n) is 12.7. The fourth-order valence-corrected chi connectivity index (χ4v) is 6.23. The molecule has 2 aliphatic heterocycles. The smallest absolute Gasteiger partial charge is 0.407 e. The summed E-state index contributed by atoms with van der Waals surface area (Å²) in [6.45, 7) is 2.22. The molecule has 35 heavy (non-hydrogen) atoms. The highest BCUT2D eigenvalue weighted by Gasteiger charge is 2.52. The summed E-state index contributed by atoms with van der Waals surface area (Å²) in [5, 5.41) is 12.4. The molecule has 2 N–H and O–H groups in total. The first-order chi connectivity index (χ1) is 17.0. The number of ether oxygens (including phenoxy) is 1. The van der Waals surface area contributed by atoms with E-state index in [0.717, 1.165) is 41.5 Å². The van der Waals surface area contributed by atoms with Gasteiger partial charge in [0.05, 0.1) is 5.92 Å². The highest BCUT2D eigenvalue weighted by atomic mass is 16.5. The van der Waals surface area contributed by atoms with Crippen LogP contribution in [-0.2, 0) is 14.3 Å². The number of hydrogen-bond donors (Lipinski definition) is 2. The van der Waals surface area contributed by atoms with Crippen LogP contribution in [0.1, 0.15) is 62.5 Å². The van der Waals surface area contributed by atoms with Crippen molar-refractivity contribution in [3.8, 4) is 11.1 Å². The number of alkyl carbamates (subject to hydrolysis) is 1. The normalized spacial score (nSPS) is 23.0. The standard InChI is InChI=1S/C28H32N2O5/c1-2-3-12-24(26(31)30-17-13-14-25(30)22(15-17)27(32)33)29-28(34)35-16-23-20-10-6-4-8-18(20)19-9-5-7-11-21(19)23/h4-11,17,22-25H,2-3,12-16H2,1H3,(H,29,34)(H,32,33)/t17?,22?,24-,25?/m0/s1. The number of unbranched alkanes of at least 4 members (excludes halogenated alkanes) is 1. The molecule has 2 heterocycles. The molecule has 2 saturated heterocycles. The van der Waals surface area contributed by atoms with Crippen molar-refractivity contribution in [2.24, 2.45) is 5.92 Å². The minimum Gasteiger partial charge on any atom is -0.481 e. The third kappa shape index (κ3) is 4.28. The lowest BCUT2D eigenvalue weighted by atomic mass is 9.89. The van der Waals surface area contributed by atoms with Gasteiger partial charge in [-0.05, 0) is 47.9 Å². The largest absolute Gasteiger partial charge is 0.481 e. The minimum atomic E-state index is -0.843. The quantitative estimate of drug-likeness (QED) is 0.583. The molecule has 0 aromatic heterocycles. The molecule has 2 bridgehead atoms. The molecule has 3 aliphatic rings. The lowest BCUT2D eigenvalue weighted by Crippen LogP contribution is -2.51. The average molecular weight is 477 g/mol. The first kappa shape index (κ1) is 23.4. The maximum atomic E-state index is 13.5. The lowest BCUT2D eigenvalue weighted by Gasteiger charge is -2.28. The number of hydrogen-bond acceptors (Lipinski definition) is 4. The number of nitrogens with one attached hydrogen (secondary N) is 1. The monoisotopic (exact) mass is 476 g/mol. The summed E-state index contributed by atoms with van der Waals surface area (Å²) in [6.07, 6.45) is 3.60. The number of amides is 2. The number of carboxylic acids is 1. The Morgan fingerprint density at radius 3 is 2.31 bits per heavy atom. The SMILES string of the molecule is CCCC[C@H](NC(=O)OCC1c2ccccc2-c2ccccc21)C(=O)N1C2CCC1C(C(=O)O)C2. The molecule has 7 heteroatoms. The highest BCUT2D eigenvalue weighted by molar-refractivity contribution is 5.88. The average Bonchev–Trinajstić information content (AvgIpc) is 3.54. The van der Waals surface area contributed by atoms with E-state index in [1.54, 1.807) is 4.90 Å². The van der Waals surface area contributed by atoms with Crippen LogP contribution in [-0.4, -0.2) is 52.7 Å². The summed E-state index contributed by atoms with van der Waals surface area (Å²) < 4.78 is 5.68. The van der Waals surface area contributed by atoms with Crippen LogP contribution >= 0.6 is 0 Å². The highest BCUT2D eigenvalue weighted by Crippen LogP contribution is 2.45. The molecule has 2 amide bonds. The van der Waals surface area contributed by atoms with E-state index in [1.165, 1.54) is 0 Å². The Morgan fingerprint density at radius 2 is 1.71 bits per heavy atom. The maximum absolute atomic E-state index is 13.5. The number of carbonyl (C=O) groups excluding carboxylic acids is 2. The molecule has 1 aliphatic carbocycles. The van der Waals surface area contributed by atoms with Crippen LogP contribution < -0.4 is 5.32 Å². The second-order valence-corrected chi connectivity index (χ2v) is 9.89. The molecule has 2 aromatic carbocycles. The molecule has 3 unspecified atom stereocenters. The van der Waals surface area contributed by atoms with Gasteiger partial charge < -0.3 is 20.1 Å². The third-order valence-electron chi connectivity index (χ3n) is 7.89. The zero-order valence-corrected chi connectivity index (χ0v) is 20.0. The van der Waals surface area contributed by atoms with Gasteiger partial charge in [0.2, 0.25) is 5.91 Å². The van der Waals surface area contributed by atoms with E-state index in [0.29, 0.717) is 19.3 Å². The van der Waals surface area contributed by atoms with Crippen LogP contribution in [0.4, 0.5) is 4.79 Å². The third-order valence-corrected chi connectivity index (χ3v) is 7.89. The molecule has 5 rings (SSSR count). The van der Waals surface area contributed by atoms with Crippen molar-refractivity contribution >= 4 is 18.0 Å². The second-order valence-electron chi connectivity index (χ2n) is 9.89. The van der Waals surface area contributed by atoms with E-state index < -0.39 is 24.0 Å². The Balaban J connectivity index is 1.26. The van der Waals surface area contributed by atoms with E-state index in [-0.39, 0.29) is 30.5 Å². The zero-order valence-electron chi connectivity index (χ0n) is 20.0. The van der Waals surface area contributed by atoms with Gasteiger partial charge in [0.15, 0.2) is 0 Å². The van der Waals surface area contributed by atoms with E-state index in [2.05, 4.69) is 29.6 Å². The Kier molecular flexibility index (Phi) is 6.50. The van der Waals surface area contributed by atoms with Gasteiger partial charge in [0, 0.05) is 18.0 Å². The van der Waals surface area contributed by atoms with Gasteiger partial charge >= 0.3 is 12.1 Å². The fraction of sp³-hybridized carbons (Fsp3) is 0.464. The van der Waals surface area contributed by atoms with E-state index in [1.807, 2.05) is 31.2 Å². The van der Waals surface area contributed by atoms with E-state index in [9.17, 15) is 19.5 Å². The summed E-state index contributed by atoms with van der Waals surface area (Å²) >= 11 is 0. The summed E-state index contributed by atoms with van der Waals surface area (Å²) in [6, 6.07) is 15.3. The van der Waals surface area contributed by atoms with Gasteiger partial charge in [-0.3, -0.25) is 9.59 Å². The molecular formula is C28H32N2O5. The molecule has 0 radical (unpaired) electrons. The predicted molar refractivity (Wildman–Crippen MR) is 131 cm³/mol. The van der Waals surface area contributed by atoms with Crippen LogP contribution in [0.5, 0.6) is 0 Å². The van der Waals surface area contributed by atoms with Crippen molar-refractivity contribution in [2.45, 2.75) is 69.5 Å². The van der Waals surface area contributed by atoms with Crippen LogP contribution in [0.15, 0.2) is 48.5 Å². The van der Waals surface area contributed by atoms with Crippen molar-refractivity contribution in [3.05, 3.63) is 59.7 Å². The van der Waals surface area contributed by atoms with Gasteiger partial charge in [-0.1, -0.05) is 68.3 Å². The van der Waals surface area contributed by atoms with Gasteiger partial charge in [0.1, 0.15) is 12.6 Å². The summed E-state index contributed by atoms with van der Waals surface area (Å²) in [4.78, 5) is 39.7. The van der Waals surface area contributed by atoms with Gasteiger partial charge in [-0.2, -0.15) is 0 Å². The van der Waals surface area contributed by atoms with E-state index in [4.69, 9.17) is 4.74 Å². The fourth-order valence-electron chi connectivity index (χ4n) is 6.23. The number of aliphatic carboxylic acids is 1. The number of carbonyl (C=O) groups is 3. The van der Waals surface area contributed by atoms with Gasteiger partial charge in [-0.25, -0.2) is 4.79 Å². The summed E-state index contributed by atoms with van der Waals surface area (Å²) in [5.41, 5.74) is 4.58. The Morgan fingerprint density at radius 1 is 1.06 bits per heavy atom. The van der Waals surface area contributed by atoms with Crippen molar-refractivity contribution in [3.63, 3.8) is 0 Å². The molecule has 2 aromatic rings. The van der Waals surface area contributed by atoms with Crippen molar-refractivity contribution in [2.75, 3.05) is 6.61 Å². The number of rotatable bonds is 8. The molecule has 184 valence electrons. The van der Waals surface area contributed by atoms with Crippen LogP contribution in [0.3, 0.4) is 0 Å². The van der Waals surface area contributed by atoms with Crippen LogP contribution in [0.25, 0.3) is 11.1 Å². The maximum Gasteiger partial charge on any atom is 0.407 e. The van der Waals surface area contributed by atoms with Gasteiger partial charge in [-0.15, -0.1) is 0 Å². The summed E-state index contributed by atoms with van der Waals surface area (Å²) in [7, 11) is 0. The molecule has 7 nitrogen and oxygen atoms in total. The number of nitrogens with zero attached hydrogens (tertiary/aromatic N) is 1. The molecule has 2 fully saturated rings.